The Morgan fingerprint density at radius 3 is 2.78 bits per heavy atom. The number of methoxy groups -OCH3 is 1. The highest BCUT2D eigenvalue weighted by Crippen LogP contribution is 2.23. The first-order chi connectivity index (χ1) is 13.3. The minimum Gasteiger partial charge on any atom is -0.496 e. The minimum absolute atomic E-state index is 0.384. The second-order valence-electron chi connectivity index (χ2n) is 6.60. The number of hydrogen-bond acceptors (Lipinski definition) is 5. The van der Waals surface area contributed by atoms with E-state index in [9.17, 15) is 0 Å². The zero-order chi connectivity index (χ0) is 18.5. The predicted molar refractivity (Wildman–Crippen MR) is 108 cm³/mol. The second kappa shape index (κ2) is 8.39. The molecule has 0 aliphatic heterocycles. The summed E-state index contributed by atoms with van der Waals surface area (Å²) in [6, 6.07) is 12.1. The van der Waals surface area contributed by atoms with Gasteiger partial charge in [0.25, 0.3) is 0 Å². The molecule has 0 atom stereocenters. The summed E-state index contributed by atoms with van der Waals surface area (Å²) in [4.78, 5) is 5.90. The van der Waals surface area contributed by atoms with Crippen LogP contribution in [-0.4, -0.2) is 24.0 Å². The first-order valence-corrected chi connectivity index (χ1v) is 10.2. The predicted octanol–water partition coefficient (Wildman–Crippen LogP) is 4.93. The van der Waals surface area contributed by atoms with E-state index in [0.29, 0.717) is 6.04 Å². The van der Waals surface area contributed by atoms with E-state index in [1.165, 1.54) is 19.3 Å². The van der Waals surface area contributed by atoms with E-state index in [4.69, 9.17) is 19.2 Å². The van der Waals surface area contributed by atoms with Gasteiger partial charge in [0.1, 0.15) is 11.4 Å². The van der Waals surface area contributed by atoms with E-state index in [1.807, 2.05) is 47.3 Å². The van der Waals surface area contributed by atoms with Gasteiger partial charge < -0.3 is 9.15 Å². The topological polar surface area (TPSA) is 52.0 Å². The molecule has 140 valence electrons. The molecular formula is C21H23N3O2S. The second-order valence-corrected chi connectivity index (χ2v) is 7.44. The van der Waals surface area contributed by atoms with Crippen molar-refractivity contribution in [1.29, 1.82) is 0 Å². The largest absolute Gasteiger partial charge is 0.496 e. The van der Waals surface area contributed by atoms with Crippen molar-refractivity contribution in [3.8, 4) is 17.2 Å². The van der Waals surface area contributed by atoms with Crippen LogP contribution in [0.25, 0.3) is 11.5 Å². The molecule has 3 aromatic rings. The molecule has 0 N–H and O–H groups in total. The smallest absolute Gasteiger partial charge is 0.206 e. The van der Waals surface area contributed by atoms with Crippen LogP contribution in [0.5, 0.6) is 5.75 Å². The van der Waals surface area contributed by atoms with Gasteiger partial charge in [-0.05, 0) is 37.1 Å². The van der Waals surface area contributed by atoms with Crippen LogP contribution in [0.15, 0.2) is 62.6 Å². The molecule has 27 heavy (non-hydrogen) atoms. The third-order valence-electron chi connectivity index (χ3n) is 4.78. The van der Waals surface area contributed by atoms with Crippen LogP contribution in [0.3, 0.4) is 0 Å². The van der Waals surface area contributed by atoms with Gasteiger partial charge >= 0.3 is 0 Å². The molecule has 1 saturated carbocycles. The van der Waals surface area contributed by atoms with E-state index in [0.717, 1.165) is 40.4 Å². The number of rotatable bonds is 5. The normalized spacial score (nSPS) is 16.3. The number of hydrogen-bond donors (Lipinski definition) is 0. The standard InChI is InChI=1S/C21H23N3O2S/c1-25-19-11-6-5-8-16(19)14-22-24-18(20-12-7-13-26-20)15-27-21(24)23-17-9-3-2-4-10-17/h5-8,11-15,17H,2-4,9-10H2,1H3. The first kappa shape index (κ1) is 17.8. The highest BCUT2D eigenvalue weighted by molar-refractivity contribution is 7.07. The summed E-state index contributed by atoms with van der Waals surface area (Å²) in [7, 11) is 1.67. The van der Waals surface area contributed by atoms with Crippen LogP contribution in [0, 0.1) is 0 Å². The van der Waals surface area contributed by atoms with Crippen molar-refractivity contribution < 1.29 is 9.15 Å². The zero-order valence-corrected chi connectivity index (χ0v) is 16.2. The Hall–Kier alpha value is -2.60. The summed E-state index contributed by atoms with van der Waals surface area (Å²) in [5.41, 5.74) is 1.83. The average molecular weight is 382 g/mol. The summed E-state index contributed by atoms with van der Waals surface area (Å²) in [6.07, 6.45) is 9.65. The Morgan fingerprint density at radius 2 is 2.00 bits per heavy atom. The molecule has 0 spiro atoms. The number of thiazole rings is 1. The van der Waals surface area contributed by atoms with Crippen LogP contribution in [0.1, 0.15) is 37.7 Å². The van der Waals surface area contributed by atoms with Crippen LogP contribution in [0.4, 0.5) is 0 Å². The maximum Gasteiger partial charge on any atom is 0.206 e. The van der Waals surface area contributed by atoms with Crippen molar-refractivity contribution in [3.63, 3.8) is 0 Å². The molecule has 1 aliphatic carbocycles. The molecule has 1 fully saturated rings. The fourth-order valence-electron chi connectivity index (χ4n) is 3.35. The van der Waals surface area contributed by atoms with Gasteiger partial charge in [0.05, 0.1) is 25.6 Å². The van der Waals surface area contributed by atoms with Crippen molar-refractivity contribution in [3.05, 3.63) is 58.4 Å². The first-order valence-electron chi connectivity index (χ1n) is 9.31. The van der Waals surface area contributed by atoms with Gasteiger partial charge in [0, 0.05) is 10.9 Å². The van der Waals surface area contributed by atoms with E-state index in [-0.39, 0.29) is 0 Å². The number of nitrogens with zero attached hydrogens (tertiary/aromatic N) is 3. The molecule has 0 amide bonds. The molecule has 2 aromatic heterocycles. The lowest BCUT2D eigenvalue weighted by Crippen LogP contribution is -2.18. The van der Waals surface area contributed by atoms with Gasteiger partial charge in [-0.25, -0.2) is 4.68 Å². The van der Waals surface area contributed by atoms with Gasteiger partial charge in [-0.2, -0.15) is 5.10 Å². The van der Waals surface area contributed by atoms with Gasteiger partial charge in [0.2, 0.25) is 4.80 Å². The lowest BCUT2D eigenvalue weighted by molar-refractivity contribution is 0.414. The van der Waals surface area contributed by atoms with E-state index in [2.05, 4.69) is 5.38 Å². The van der Waals surface area contributed by atoms with Crippen molar-refractivity contribution in [2.75, 3.05) is 7.11 Å². The highest BCUT2D eigenvalue weighted by atomic mass is 32.1. The Kier molecular flexibility index (Phi) is 5.53. The van der Waals surface area contributed by atoms with Crippen LogP contribution < -0.4 is 9.54 Å². The number of ether oxygens (including phenoxy) is 1. The Balaban J connectivity index is 1.75. The van der Waals surface area contributed by atoms with Crippen molar-refractivity contribution in [2.45, 2.75) is 38.1 Å². The van der Waals surface area contributed by atoms with Crippen molar-refractivity contribution in [2.24, 2.45) is 10.1 Å². The Bertz CT molecular complexity index is 963. The Morgan fingerprint density at radius 1 is 1.15 bits per heavy atom. The van der Waals surface area contributed by atoms with Gasteiger partial charge in [-0.3, -0.25) is 4.99 Å². The summed E-state index contributed by atoms with van der Waals surface area (Å²) in [6.45, 7) is 0. The van der Waals surface area contributed by atoms with Crippen LogP contribution in [0.2, 0.25) is 0 Å². The Labute approximate surface area is 162 Å². The molecule has 0 bridgehead atoms. The molecule has 0 unspecified atom stereocenters. The molecule has 4 rings (SSSR count). The minimum atomic E-state index is 0.384. The fourth-order valence-corrected chi connectivity index (χ4v) is 4.24. The van der Waals surface area contributed by atoms with Crippen LogP contribution in [-0.2, 0) is 0 Å². The van der Waals surface area contributed by atoms with Gasteiger partial charge in [-0.1, -0.05) is 31.4 Å². The van der Waals surface area contributed by atoms with Crippen molar-refractivity contribution >= 4 is 17.6 Å². The number of benzene rings is 1. The van der Waals surface area contributed by atoms with E-state index in [1.54, 1.807) is 24.7 Å². The number of furan rings is 1. The van der Waals surface area contributed by atoms with Crippen LogP contribution >= 0.6 is 11.3 Å². The zero-order valence-electron chi connectivity index (χ0n) is 15.4. The number of para-hydroxylation sites is 1. The van der Waals surface area contributed by atoms with Gasteiger partial charge in [-0.15, -0.1) is 11.3 Å². The third kappa shape index (κ3) is 4.06. The monoisotopic (exact) mass is 381 g/mol. The maximum atomic E-state index is 5.61. The van der Waals surface area contributed by atoms with Crippen molar-refractivity contribution in [1.82, 2.24) is 4.68 Å². The lowest BCUT2D eigenvalue weighted by atomic mass is 9.96. The number of aromatic nitrogens is 1. The van der Waals surface area contributed by atoms with E-state index >= 15 is 0 Å². The molecular weight excluding hydrogens is 358 g/mol. The molecule has 0 saturated heterocycles. The SMILES string of the molecule is COc1ccccc1C=Nn1c(-c2ccco2)csc1=NC1CCCCC1. The third-order valence-corrected chi connectivity index (χ3v) is 5.61. The highest BCUT2D eigenvalue weighted by Gasteiger charge is 2.14. The molecule has 0 radical (unpaired) electrons. The summed E-state index contributed by atoms with van der Waals surface area (Å²) >= 11 is 1.60. The summed E-state index contributed by atoms with van der Waals surface area (Å²) < 4.78 is 12.9. The fraction of sp³-hybridized carbons (Fsp3) is 0.333. The molecule has 1 aliphatic rings. The maximum absolute atomic E-state index is 5.61. The molecule has 6 heteroatoms. The molecule has 5 nitrogen and oxygen atoms in total. The molecule has 1 aromatic carbocycles. The summed E-state index contributed by atoms with van der Waals surface area (Å²) in [5.74, 6) is 1.58. The molecule has 2 heterocycles. The van der Waals surface area contributed by atoms with Gasteiger partial charge in [0.15, 0.2) is 5.76 Å². The quantitative estimate of drug-likeness (QED) is 0.588. The van der Waals surface area contributed by atoms with E-state index < -0.39 is 0 Å². The average Bonchev–Trinajstić information content (AvgIpc) is 3.37. The lowest BCUT2D eigenvalue weighted by Gasteiger charge is -2.16. The summed E-state index contributed by atoms with van der Waals surface area (Å²) in [5, 5.41) is 6.79.